The summed E-state index contributed by atoms with van der Waals surface area (Å²) in [6, 6.07) is 10.6. The SMILES string of the molecule is Cc1ccc(NCC(=O)NNC(=O)c2cc(Cl)ccn2)cc1. The minimum atomic E-state index is -0.536. The first-order chi connectivity index (χ1) is 10.5. The summed E-state index contributed by atoms with van der Waals surface area (Å²) in [5.74, 6) is -0.915. The maximum absolute atomic E-state index is 11.7. The van der Waals surface area contributed by atoms with Crippen molar-refractivity contribution in [2.24, 2.45) is 0 Å². The average molecular weight is 319 g/mol. The molecule has 7 heteroatoms. The molecule has 114 valence electrons. The number of nitrogens with zero attached hydrogens (tertiary/aromatic N) is 1. The molecule has 0 fully saturated rings. The van der Waals surface area contributed by atoms with Crippen LogP contribution in [0.15, 0.2) is 42.6 Å². The summed E-state index contributed by atoms with van der Waals surface area (Å²) in [5, 5.41) is 3.34. The van der Waals surface area contributed by atoms with E-state index in [2.05, 4.69) is 21.2 Å². The number of aryl methyl sites for hydroxylation is 1. The molecule has 6 nitrogen and oxygen atoms in total. The number of anilines is 1. The number of carbonyl (C=O) groups excluding carboxylic acids is 2. The average Bonchev–Trinajstić information content (AvgIpc) is 2.52. The van der Waals surface area contributed by atoms with Crippen molar-refractivity contribution in [1.82, 2.24) is 15.8 Å². The van der Waals surface area contributed by atoms with Crippen LogP contribution in [0.1, 0.15) is 16.1 Å². The maximum Gasteiger partial charge on any atom is 0.288 e. The van der Waals surface area contributed by atoms with Crippen LogP contribution in [0.3, 0.4) is 0 Å². The number of halogens is 1. The van der Waals surface area contributed by atoms with E-state index < -0.39 is 5.91 Å². The van der Waals surface area contributed by atoms with E-state index in [1.54, 1.807) is 6.07 Å². The summed E-state index contributed by atoms with van der Waals surface area (Å²) < 4.78 is 0. The number of nitrogens with one attached hydrogen (secondary N) is 3. The molecule has 3 N–H and O–H groups in total. The highest BCUT2D eigenvalue weighted by Crippen LogP contribution is 2.08. The highest BCUT2D eigenvalue weighted by atomic mass is 35.5. The molecule has 1 heterocycles. The van der Waals surface area contributed by atoms with Crippen LogP contribution in [0, 0.1) is 6.92 Å². The minimum absolute atomic E-state index is 0.0340. The Balaban J connectivity index is 1.78. The van der Waals surface area contributed by atoms with Crippen LogP contribution in [0.2, 0.25) is 5.02 Å². The van der Waals surface area contributed by atoms with Gasteiger partial charge in [0.05, 0.1) is 6.54 Å². The number of hydrogen-bond acceptors (Lipinski definition) is 4. The number of hydrazine groups is 1. The molecule has 0 bridgehead atoms. The van der Waals surface area contributed by atoms with Crippen LogP contribution >= 0.6 is 11.6 Å². The van der Waals surface area contributed by atoms with Gasteiger partial charge in [0.25, 0.3) is 11.8 Å². The van der Waals surface area contributed by atoms with E-state index in [9.17, 15) is 9.59 Å². The number of carbonyl (C=O) groups is 2. The largest absolute Gasteiger partial charge is 0.376 e. The third kappa shape index (κ3) is 4.75. The van der Waals surface area contributed by atoms with Gasteiger partial charge in [-0.25, -0.2) is 0 Å². The lowest BCUT2D eigenvalue weighted by Gasteiger charge is -2.09. The Morgan fingerprint density at radius 1 is 1.14 bits per heavy atom. The van der Waals surface area contributed by atoms with Crippen LogP contribution in [0.4, 0.5) is 5.69 Å². The molecule has 22 heavy (non-hydrogen) atoms. The van der Waals surface area contributed by atoms with E-state index in [0.29, 0.717) is 5.02 Å². The molecular formula is C15H15ClN4O2. The number of rotatable bonds is 4. The topological polar surface area (TPSA) is 83.1 Å². The molecule has 1 aromatic heterocycles. The van der Waals surface area contributed by atoms with Gasteiger partial charge in [0.15, 0.2) is 0 Å². The summed E-state index contributed by atoms with van der Waals surface area (Å²) in [4.78, 5) is 27.3. The van der Waals surface area contributed by atoms with Crippen LogP contribution < -0.4 is 16.2 Å². The van der Waals surface area contributed by atoms with Crippen LogP contribution in [0.25, 0.3) is 0 Å². The number of benzene rings is 1. The fourth-order valence-electron chi connectivity index (χ4n) is 1.62. The molecule has 0 atom stereocenters. The second-order valence-corrected chi connectivity index (χ2v) is 5.02. The van der Waals surface area contributed by atoms with Crippen molar-refractivity contribution in [2.75, 3.05) is 11.9 Å². The Morgan fingerprint density at radius 3 is 2.55 bits per heavy atom. The molecule has 0 aliphatic rings. The third-order valence-corrected chi connectivity index (χ3v) is 3.01. The molecule has 2 rings (SSSR count). The number of pyridine rings is 1. The molecule has 0 saturated carbocycles. The van der Waals surface area contributed by atoms with Gasteiger partial charge in [-0.05, 0) is 31.2 Å². The Hall–Kier alpha value is -2.60. The first kappa shape index (κ1) is 15.8. The lowest BCUT2D eigenvalue weighted by Crippen LogP contribution is -2.44. The first-order valence-electron chi connectivity index (χ1n) is 6.56. The quantitative estimate of drug-likeness (QED) is 0.752. The zero-order valence-corrected chi connectivity index (χ0v) is 12.6. The van der Waals surface area contributed by atoms with Crippen molar-refractivity contribution in [2.45, 2.75) is 6.92 Å². The van der Waals surface area contributed by atoms with Gasteiger partial charge in [0.2, 0.25) is 0 Å². The van der Waals surface area contributed by atoms with Crippen molar-refractivity contribution in [3.8, 4) is 0 Å². The van der Waals surface area contributed by atoms with Gasteiger partial charge in [-0.1, -0.05) is 29.3 Å². The molecular weight excluding hydrogens is 304 g/mol. The van der Waals surface area contributed by atoms with Crippen LogP contribution in [-0.4, -0.2) is 23.3 Å². The lowest BCUT2D eigenvalue weighted by molar-refractivity contribution is -0.120. The highest BCUT2D eigenvalue weighted by Gasteiger charge is 2.08. The Kier molecular flexibility index (Phi) is 5.32. The molecule has 0 radical (unpaired) electrons. The van der Waals surface area contributed by atoms with Crippen molar-refractivity contribution in [3.63, 3.8) is 0 Å². The predicted octanol–water partition coefficient (Wildman–Crippen LogP) is 1.92. The van der Waals surface area contributed by atoms with E-state index in [0.717, 1.165) is 11.3 Å². The van der Waals surface area contributed by atoms with Crippen molar-refractivity contribution >= 4 is 29.1 Å². The van der Waals surface area contributed by atoms with Gasteiger partial charge in [0, 0.05) is 16.9 Å². The Labute approximate surface area is 132 Å². The summed E-state index contributed by atoms with van der Waals surface area (Å²) in [5.41, 5.74) is 6.65. The zero-order valence-electron chi connectivity index (χ0n) is 11.9. The van der Waals surface area contributed by atoms with Gasteiger partial charge in [0.1, 0.15) is 5.69 Å². The molecule has 0 saturated heterocycles. The van der Waals surface area contributed by atoms with E-state index in [1.807, 2.05) is 31.2 Å². The first-order valence-corrected chi connectivity index (χ1v) is 6.93. The smallest absolute Gasteiger partial charge is 0.288 e. The molecule has 0 unspecified atom stereocenters. The maximum atomic E-state index is 11.7. The van der Waals surface area contributed by atoms with Crippen LogP contribution in [-0.2, 0) is 4.79 Å². The fraction of sp³-hybridized carbons (Fsp3) is 0.133. The Morgan fingerprint density at radius 2 is 1.86 bits per heavy atom. The monoisotopic (exact) mass is 318 g/mol. The number of amides is 2. The highest BCUT2D eigenvalue weighted by molar-refractivity contribution is 6.30. The predicted molar refractivity (Wildman–Crippen MR) is 84.5 cm³/mol. The Bertz CT molecular complexity index is 673. The van der Waals surface area contributed by atoms with Gasteiger partial charge < -0.3 is 5.32 Å². The van der Waals surface area contributed by atoms with Gasteiger partial charge >= 0.3 is 0 Å². The van der Waals surface area contributed by atoms with Crippen molar-refractivity contribution < 1.29 is 9.59 Å². The summed E-state index contributed by atoms with van der Waals surface area (Å²) in [7, 11) is 0. The lowest BCUT2D eigenvalue weighted by atomic mass is 10.2. The number of aromatic nitrogens is 1. The second-order valence-electron chi connectivity index (χ2n) is 4.58. The van der Waals surface area contributed by atoms with E-state index in [-0.39, 0.29) is 18.1 Å². The third-order valence-electron chi connectivity index (χ3n) is 2.77. The zero-order chi connectivity index (χ0) is 15.9. The molecule has 0 spiro atoms. The summed E-state index contributed by atoms with van der Waals surface area (Å²) in [6.07, 6.45) is 1.41. The molecule has 2 amide bonds. The van der Waals surface area contributed by atoms with Crippen LogP contribution in [0.5, 0.6) is 0 Å². The molecule has 1 aromatic carbocycles. The van der Waals surface area contributed by atoms with Gasteiger partial charge in [-0.2, -0.15) is 0 Å². The van der Waals surface area contributed by atoms with Crippen molar-refractivity contribution in [1.29, 1.82) is 0 Å². The molecule has 0 aliphatic carbocycles. The second kappa shape index (κ2) is 7.42. The van der Waals surface area contributed by atoms with Gasteiger partial charge in [-0.3, -0.25) is 25.4 Å². The summed E-state index contributed by atoms with van der Waals surface area (Å²) >= 11 is 5.76. The fourth-order valence-corrected chi connectivity index (χ4v) is 1.78. The standard InChI is InChI=1S/C15H15ClN4O2/c1-10-2-4-12(5-3-10)18-9-14(21)19-20-15(22)13-8-11(16)6-7-17-13/h2-8,18H,9H2,1H3,(H,19,21)(H,20,22). The van der Waals surface area contributed by atoms with E-state index in [1.165, 1.54) is 12.3 Å². The van der Waals surface area contributed by atoms with Gasteiger partial charge in [-0.15, -0.1) is 0 Å². The number of hydrogen-bond donors (Lipinski definition) is 3. The summed E-state index contributed by atoms with van der Waals surface area (Å²) in [6.45, 7) is 2.02. The van der Waals surface area contributed by atoms with Crippen molar-refractivity contribution in [3.05, 3.63) is 58.9 Å². The van der Waals surface area contributed by atoms with E-state index in [4.69, 9.17) is 11.6 Å². The minimum Gasteiger partial charge on any atom is -0.376 e. The van der Waals surface area contributed by atoms with E-state index >= 15 is 0 Å². The molecule has 2 aromatic rings. The molecule has 0 aliphatic heterocycles. The normalized spacial score (nSPS) is 9.91.